The van der Waals surface area contributed by atoms with Gasteiger partial charge in [-0.05, 0) is 17.9 Å². The standard InChI is InChI=1S/C18H21NO/c1-3-5-12-18(20)13-9-15-19(14-4-2)16-17-10-7-6-8-11-17/h3-4,6-8,10-11H,1-2,5,12,14-16H2. The molecule has 0 unspecified atom stereocenters. The molecule has 0 atom stereocenters. The molecule has 104 valence electrons. The summed E-state index contributed by atoms with van der Waals surface area (Å²) >= 11 is 0. The van der Waals surface area contributed by atoms with Gasteiger partial charge in [0.05, 0.1) is 6.54 Å². The first-order valence-electron chi connectivity index (χ1n) is 6.76. The van der Waals surface area contributed by atoms with Crippen LogP contribution in [0.3, 0.4) is 0 Å². The Morgan fingerprint density at radius 1 is 1.20 bits per heavy atom. The van der Waals surface area contributed by atoms with Gasteiger partial charge in [-0.2, -0.15) is 0 Å². The van der Waals surface area contributed by atoms with Crippen LogP contribution in [0.1, 0.15) is 18.4 Å². The minimum Gasteiger partial charge on any atom is -0.285 e. The highest BCUT2D eigenvalue weighted by Crippen LogP contribution is 2.03. The molecular weight excluding hydrogens is 246 g/mol. The van der Waals surface area contributed by atoms with E-state index in [-0.39, 0.29) is 5.78 Å². The van der Waals surface area contributed by atoms with Crippen molar-refractivity contribution in [2.75, 3.05) is 13.1 Å². The molecule has 0 aliphatic carbocycles. The molecule has 2 nitrogen and oxygen atoms in total. The lowest BCUT2D eigenvalue weighted by molar-refractivity contribution is -0.113. The molecular formula is C18H21NO. The van der Waals surface area contributed by atoms with Gasteiger partial charge in [0.15, 0.2) is 0 Å². The van der Waals surface area contributed by atoms with Crippen LogP contribution in [0.5, 0.6) is 0 Å². The number of benzene rings is 1. The molecule has 1 aromatic rings. The van der Waals surface area contributed by atoms with Crippen molar-refractivity contribution in [3.8, 4) is 11.8 Å². The summed E-state index contributed by atoms with van der Waals surface area (Å²) in [4.78, 5) is 13.6. The fraction of sp³-hybridized carbons (Fsp3) is 0.278. The van der Waals surface area contributed by atoms with Crippen LogP contribution in [-0.2, 0) is 11.3 Å². The average molecular weight is 267 g/mol. The van der Waals surface area contributed by atoms with Gasteiger partial charge in [-0.25, -0.2) is 0 Å². The monoisotopic (exact) mass is 267 g/mol. The summed E-state index contributed by atoms with van der Waals surface area (Å²) in [7, 11) is 0. The molecule has 0 bridgehead atoms. The lowest BCUT2D eigenvalue weighted by Gasteiger charge is -2.17. The molecule has 0 fully saturated rings. The lowest BCUT2D eigenvalue weighted by Crippen LogP contribution is -2.23. The van der Waals surface area contributed by atoms with Crippen LogP contribution >= 0.6 is 0 Å². The molecule has 20 heavy (non-hydrogen) atoms. The maximum Gasteiger partial charge on any atom is 0.205 e. The Hall–Kier alpha value is -2.11. The first-order valence-corrected chi connectivity index (χ1v) is 6.76. The van der Waals surface area contributed by atoms with E-state index in [1.54, 1.807) is 6.08 Å². The SMILES string of the molecule is C=CCCC(=O)C#CCN(CC=C)Cc1ccccc1. The second kappa shape index (κ2) is 9.77. The molecule has 0 heterocycles. The van der Waals surface area contributed by atoms with Crippen LogP contribution in [0.15, 0.2) is 55.6 Å². The molecule has 1 rings (SSSR count). The molecule has 0 spiro atoms. The van der Waals surface area contributed by atoms with Gasteiger partial charge in [0.25, 0.3) is 0 Å². The van der Waals surface area contributed by atoms with Crippen LogP contribution in [0.4, 0.5) is 0 Å². The number of hydrogen-bond acceptors (Lipinski definition) is 2. The van der Waals surface area contributed by atoms with Crippen molar-refractivity contribution in [3.63, 3.8) is 0 Å². The highest BCUT2D eigenvalue weighted by atomic mass is 16.1. The Morgan fingerprint density at radius 2 is 1.95 bits per heavy atom. The summed E-state index contributed by atoms with van der Waals surface area (Å²) < 4.78 is 0. The average Bonchev–Trinajstić information content (AvgIpc) is 2.46. The Bertz CT molecular complexity index is 493. The fourth-order valence-corrected chi connectivity index (χ4v) is 1.75. The largest absolute Gasteiger partial charge is 0.285 e. The van der Waals surface area contributed by atoms with E-state index in [2.05, 4.69) is 42.0 Å². The Labute approximate surface area is 121 Å². The predicted octanol–water partition coefficient (Wildman–Crippen LogP) is 3.21. The van der Waals surface area contributed by atoms with Gasteiger partial charge < -0.3 is 0 Å². The van der Waals surface area contributed by atoms with E-state index >= 15 is 0 Å². The van der Waals surface area contributed by atoms with Crippen molar-refractivity contribution in [3.05, 3.63) is 61.2 Å². The van der Waals surface area contributed by atoms with Gasteiger partial charge in [0.1, 0.15) is 0 Å². The minimum absolute atomic E-state index is 0.0248. The maximum atomic E-state index is 11.4. The smallest absolute Gasteiger partial charge is 0.205 e. The van der Waals surface area contributed by atoms with Gasteiger partial charge in [-0.3, -0.25) is 9.69 Å². The summed E-state index contributed by atoms with van der Waals surface area (Å²) in [5, 5.41) is 0. The molecule has 0 N–H and O–H groups in total. The second-order valence-electron chi connectivity index (χ2n) is 4.50. The Kier molecular flexibility index (Phi) is 7.79. The van der Waals surface area contributed by atoms with Crippen LogP contribution in [-0.4, -0.2) is 23.8 Å². The van der Waals surface area contributed by atoms with Crippen molar-refractivity contribution in [1.29, 1.82) is 0 Å². The van der Waals surface area contributed by atoms with Crippen LogP contribution in [0.25, 0.3) is 0 Å². The van der Waals surface area contributed by atoms with E-state index in [9.17, 15) is 4.79 Å². The third kappa shape index (κ3) is 6.72. The van der Waals surface area contributed by atoms with Gasteiger partial charge in [0.2, 0.25) is 5.78 Å². The van der Waals surface area contributed by atoms with Crippen LogP contribution < -0.4 is 0 Å². The van der Waals surface area contributed by atoms with E-state index in [1.807, 2.05) is 24.3 Å². The summed E-state index contributed by atoms with van der Waals surface area (Å²) in [6.07, 6.45) is 4.73. The van der Waals surface area contributed by atoms with E-state index in [0.717, 1.165) is 13.1 Å². The van der Waals surface area contributed by atoms with Crippen LogP contribution in [0.2, 0.25) is 0 Å². The highest BCUT2D eigenvalue weighted by Gasteiger charge is 2.02. The third-order valence-corrected chi connectivity index (χ3v) is 2.74. The number of ketones is 1. The summed E-state index contributed by atoms with van der Waals surface area (Å²) in [6, 6.07) is 10.2. The molecule has 0 saturated carbocycles. The first kappa shape index (κ1) is 15.9. The molecule has 0 aromatic heterocycles. The second-order valence-corrected chi connectivity index (χ2v) is 4.50. The quantitative estimate of drug-likeness (QED) is 0.409. The van der Waals surface area contributed by atoms with Crippen molar-refractivity contribution in [2.24, 2.45) is 0 Å². The first-order chi connectivity index (χ1) is 9.76. The van der Waals surface area contributed by atoms with Gasteiger partial charge in [-0.1, -0.05) is 48.4 Å². The van der Waals surface area contributed by atoms with Crippen molar-refractivity contribution < 1.29 is 4.79 Å². The molecule has 0 saturated heterocycles. The Morgan fingerprint density at radius 3 is 2.60 bits per heavy atom. The zero-order valence-electron chi connectivity index (χ0n) is 11.8. The fourth-order valence-electron chi connectivity index (χ4n) is 1.75. The number of Topliss-reactive ketones (excluding diaryl/α,β-unsaturated/α-hetero) is 1. The van der Waals surface area contributed by atoms with Crippen molar-refractivity contribution in [1.82, 2.24) is 4.90 Å². The number of rotatable bonds is 8. The number of carbonyl (C=O) groups is 1. The molecule has 0 amide bonds. The lowest BCUT2D eigenvalue weighted by atomic mass is 10.2. The minimum atomic E-state index is -0.0248. The van der Waals surface area contributed by atoms with Gasteiger partial charge >= 0.3 is 0 Å². The molecule has 2 heteroatoms. The van der Waals surface area contributed by atoms with Gasteiger partial charge in [0, 0.05) is 19.5 Å². The third-order valence-electron chi connectivity index (χ3n) is 2.74. The number of hydrogen-bond donors (Lipinski definition) is 0. The summed E-state index contributed by atoms with van der Waals surface area (Å²) in [5.74, 6) is 5.60. The molecule has 1 aromatic carbocycles. The number of allylic oxidation sites excluding steroid dienone is 1. The topological polar surface area (TPSA) is 20.3 Å². The number of carbonyl (C=O) groups excluding carboxylic acids is 1. The van der Waals surface area contributed by atoms with E-state index in [4.69, 9.17) is 0 Å². The zero-order chi connectivity index (χ0) is 14.6. The Balaban J connectivity index is 2.51. The molecule has 0 aliphatic rings. The maximum absolute atomic E-state index is 11.4. The molecule has 0 aliphatic heterocycles. The molecule has 0 radical (unpaired) electrons. The normalized spacial score (nSPS) is 9.65. The van der Waals surface area contributed by atoms with Crippen molar-refractivity contribution in [2.45, 2.75) is 19.4 Å². The number of nitrogens with zero attached hydrogens (tertiary/aromatic N) is 1. The van der Waals surface area contributed by atoms with E-state index < -0.39 is 0 Å². The summed E-state index contributed by atoms with van der Waals surface area (Å²) in [5.41, 5.74) is 1.23. The van der Waals surface area contributed by atoms with Gasteiger partial charge in [-0.15, -0.1) is 13.2 Å². The highest BCUT2D eigenvalue weighted by molar-refractivity contribution is 5.95. The van der Waals surface area contributed by atoms with Crippen molar-refractivity contribution >= 4 is 5.78 Å². The predicted molar refractivity (Wildman–Crippen MR) is 84.1 cm³/mol. The van der Waals surface area contributed by atoms with E-state index in [1.165, 1.54) is 5.56 Å². The summed E-state index contributed by atoms with van der Waals surface area (Å²) in [6.45, 7) is 9.48. The zero-order valence-corrected chi connectivity index (χ0v) is 11.8. The van der Waals surface area contributed by atoms with E-state index in [0.29, 0.717) is 19.4 Å². The van der Waals surface area contributed by atoms with Crippen LogP contribution in [0, 0.1) is 11.8 Å².